The third-order valence-corrected chi connectivity index (χ3v) is 4.97. The standard InChI is InChI=1S/C17H20N2O2S/c1-11-6-7-14-15(8-11)22-17(18-14)19-16(20)10-12-4-3-5-13(9-12)21-2/h3-5,9,11H,6-8,10H2,1-2H3,(H,18,19,20). The summed E-state index contributed by atoms with van der Waals surface area (Å²) in [5.74, 6) is 1.45. The van der Waals surface area contributed by atoms with E-state index in [1.165, 1.54) is 17.0 Å². The maximum atomic E-state index is 12.2. The number of nitrogens with one attached hydrogen (secondary N) is 1. The molecule has 116 valence electrons. The van der Waals surface area contributed by atoms with Gasteiger partial charge in [0.1, 0.15) is 5.75 Å². The van der Waals surface area contributed by atoms with E-state index in [4.69, 9.17) is 4.74 Å². The lowest BCUT2D eigenvalue weighted by Gasteiger charge is -2.15. The summed E-state index contributed by atoms with van der Waals surface area (Å²) >= 11 is 1.62. The van der Waals surface area contributed by atoms with Crippen LogP contribution in [0.1, 0.15) is 29.5 Å². The van der Waals surface area contributed by atoms with Crippen molar-refractivity contribution < 1.29 is 9.53 Å². The van der Waals surface area contributed by atoms with Gasteiger partial charge in [0.15, 0.2) is 5.13 Å². The minimum Gasteiger partial charge on any atom is -0.497 e. The Morgan fingerprint density at radius 1 is 1.50 bits per heavy atom. The van der Waals surface area contributed by atoms with E-state index < -0.39 is 0 Å². The molecule has 0 radical (unpaired) electrons. The zero-order valence-corrected chi connectivity index (χ0v) is 13.7. The Balaban J connectivity index is 1.64. The smallest absolute Gasteiger partial charge is 0.230 e. The number of anilines is 1. The number of hydrogen-bond acceptors (Lipinski definition) is 4. The number of ether oxygens (including phenoxy) is 1. The molecule has 1 amide bonds. The highest BCUT2D eigenvalue weighted by molar-refractivity contribution is 7.15. The molecule has 1 unspecified atom stereocenters. The molecule has 0 saturated heterocycles. The number of aromatic nitrogens is 1. The van der Waals surface area contributed by atoms with Gasteiger partial charge in [-0.05, 0) is 42.9 Å². The Bertz CT molecular complexity index is 681. The van der Waals surface area contributed by atoms with Crippen LogP contribution in [0.5, 0.6) is 5.75 Å². The van der Waals surface area contributed by atoms with E-state index >= 15 is 0 Å². The number of nitrogens with zero attached hydrogens (tertiary/aromatic N) is 1. The van der Waals surface area contributed by atoms with Crippen LogP contribution in [0.4, 0.5) is 5.13 Å². The molecule has 22 heavy (non-hydrogen) atoms. The van der Waals surface area contributed by atoms with Crippen LogP contribution in [0.2, 0.25) is 0 Å². The number of amides is 1. The number of benzene rings is 1. The third-order valence-electron chi connectivity index (χ3n) is 3.93. The average molecular weight is 316 g/mol. The molecule has 2 aromatic rings. The first-order chi connectivity index (χ1) is 10.6. The van der Waals surface area contributed by atoms with Crippen molar-refractivity contribution >= 4 is 22.4 Å². The van der Waals surface area contributed by atoms with E-state index in [2.05, 4.69) is 17.2 Å². The molecule has 1 aliphatic rings. The van der Waals surface area contributed by atoms with Crippen LogP contribution in [0, 0.1) is 5.92 Å². The first-order valence-electron chi connectivity index (χ1n) is 7.55. The summed E-state index contributed by atoms with van der Waals surface area (Å²) in [5, 5.41) is 3.66. The van der Waals surface area contributed by atoms with Crippen LogP contribution in [0.25, 0.3) is 0 Å². The lowest BCUT2D eigenvalue weighted by Crippen LogP contribution is -2.14. The van der Waals surface area contributed by atoms with Gasteiger partial charge in [0, 0.05) is 4.88 Å². The fourth-order valence-corrected chi connectivity index (χ4v) is 3.91. The molecular weight excluding hydrogens is 296 g/mol. The Morgan fingerprint density at radius 3 is 3.18 bits per heavy atom. The summed E-state index contributed by atoms with van der Waals surface area (Å²) in [5.41, 5.74) is 2.10. The van der Waals surface area contributed by atoms with E-state index in [0.717, 1.165) is 29.3 Å². The maximum Gasteiger partial charge on any atom is 0.230 e. The number of aryl methyl sites for hydroxylation is 1. The summed E-state index contributed by atoms with van der Waals surface area (Å²) in [6, 6.07) is 7.58. The van der Waals surface area contributed by atoms with E-state index in [-0.39, 0.29) is 5.91 Å². The lowest BCUT2D eigenvalue weighted by atomic mass is 9.93. The molecule has 1 aliphatic carbocycles. The molecule has 0 saturated carbocycles. The van der Waals surface area contributed by atoms with Crippen molar-refractivity contribution in [3.8, 4) is 5.75 Å². The predicted molar refractivity (Wildman–Crippen MR) is 88.6 cm³/mol. The largest absolute Gasteiger partial charge is 0.497 e. The van der Waals surface area contributed by atoms with Gasteiger partial charge in [-0.25, -0.2) is 4.98 Å². The summed E-state index contributed by atoms with van der Waals surface area (Å²) in [4.78, 5) is 18.1. The third kappa shape index (κ3) is 3.47. The van der Waals surface area contributed by atoms with Crippen LogP contribution in [0.3, 0.4) is 0 Å². The van der Waals surface area contributed by atoms with Crippen LogP contribution in [0.15, 0.2) is 24.3 Å². The number of rotatable bonds is 4. The second-order valence-electron chi connectivity index (χ2n) is 5.81. The summed E-state index contributed by atoms with van der Waals surface area (Å²) in [7, 11) is 1.63. The molecule has 1 aromatic carbocycles. The number of thiazole rings is 1. The van der Waals surface area contributed by atoms with Gasteiger partial charge in [0.2, 0.25) is 5.91 Å². The number of carbonyl (C=O) groups is 1. The molecular formula is C17H20N2O2S. The Labute approximate surface area is 134 Å². The Kier molecular flexibility index (Phi) is 4.43. The SMILES string of the molecule is COc1cccc(CC(=O)Nc2nc3c(s2)CC(C)CC3)c1. The van der Waals surface area contributed by atoms with Gasteiger partial charge in [-0.2, -0.15) is 0 Å². The van der Waals surface area contributed by atoms with Gasteiger partial charge in [-0.1, -0.05) is 19.1 Å². The van der Waals surface area contributed by atoms with E-state index in [9.17, 15) is 4.79 Å². The van der Waals surface area contributed by atoms with Crippen LogP contribution in [-0.4, -0.2) is 18.0 Å². The molecule has 1 atom stereocenters. The van der Waals surface area contributed by atoms with Crippen molar-refractivity contribution in [2.24, 2.45) is 5.92 Å². The first kappa shape index (κ1) is 15.0. The summed E-state index contributed by atoms with van der Waals surface area (Å²) in [6.07, 6.45) is 3.63. The predicted octanol–water partition coefficient (Wildman–Crippen LogP) is 3.46. The maximum absolute atomic E-state index is 12.2. The van der Waals surface area contributed by atoms with Gasteiger partial charge in [-0.15, -0.1) is 11.3 Å². The van der Waals surface area contributed by atoms with E-state index in [1.807, 2.05) is 24.3 Å². The van der Waals surface area contributed by atoms with Crippen LogP contribution in [-0.2, 0) is 24.1 Å². The van der Waals surface area contributed by atoms with E-state index in [1.54, 1.807) is 18.4 Å². The van der Waals surface area contributed by atoms with E-state index in [0.29, 0.717) is 12.3 Å². The van der Waals surface area contributed by atoms with Gasteiger partial charge in [0.05, 0.1) is 19.2 Å². The molecule has 0 aliphatic heterocycles. The Hall–Kier alpha value is -1.88. The van der Waals surface area contributed by atoms with Crippen molar-refractivity contribution in [1.29, 1.82) is 0 Å². The van der Waals surface area contributed by atoms with Crippen molar-refractivity contribution in [3.63, 3.8) is 0 Å². The number of hydrogen-bond donors (Lipinski definition) is 1. The highest BCUT2D eigenvalue weighted by Gasteiger charge is 2.20. The fourth-order valence-electron chi connectivity index (χ4n) is 2.72. The zero-order chi connectivity index (χ0) is 15.5. The minimum atomic E-state index is -0.0348. The van der Waals surface area contributed by atoms with Crippen molar-refractivity contribution in [2.45, 2.75) is 32.6 Å². The summed E-state index contributed by atoms with van der Waals surface area (Å²) < 4.78 is 5.18. The number of carbonyl (C=O) groups excluding carboxylic acids is 1. The fraction of sp³-hybridized carbons (Fsp3) is 0.412. The Morgan fingerprint density at radius 2 is 2.36 bits per heavy atom. The van der Waals surface area contributed by atoms with Crippen molar-refractivity contribution in [2.75, 3.05) is 12.4 Å². The highest BCUT2D eigenvalue weighted by atomic mass is 32.1. The van der Waals surface area contributed by atoms with Gasteiger partial charge in [-0.3, -0.25) is 4.79 Å². The number of methoxy groups -OCH3 is 1. The number of fused-ring (bicyclic) bond motifs is 1. The minimum absolute atomic E-state index is 0.0348. The topological polar surface area (TPSA) is 51.2 Å². The molecule has 4 nitrogen and oxygen atoms in total. The van der Waals surface area contributed by atoms with Crippen molar-refractivity contribution in [3.05, 3.63) is 40.4 Å². The van der Waals surface area contributed by atoms with Crippen LogP contribution < -0.4 is 10.1 Å². The van der Waals surface area contributed by atoms with Crippen LogP contribution >= 0.6 is 11.3 Å². The highest BCUT2D eigenvalue weighted by Crippen LogP contribution is 2.32. The molecule has 1 heterocycles. The molecule has 0 fully saturated rings. The summed E-state index contributed by atoms with van der Waals surface area (Å²) in [6.45, 7) is 2.27. The molecule has 1 aromatic heterocycles. The first-order valence-corrected chi connectivity index (χ1v) is 8.37. The molecule has 0 bridgehead atoms. The van der Waals surface area contributed by atoms with Crippen molar-refractivity contribution in [1.82, 2.24) is 4.98 Å². The van der Waals surface area contributed by atoms with Gasteiger partial charge in [0.25, 0.3) is 0 Å². The monoisotopic (exact) mass is 316 g/mol. The lowest BCUT2D eigenvalue weighted by molar-refractivity contribution is -0.115. The molecule has 1 N–H and O–H groups in total. The quantitative estimate of drug-likeness (QED) is 0.940. The molecule has 0 spiro atoms. The average Bonchev–Trinajstić information content (AvgIpc) is 2.88. The van der Waals surface area contributed by atoms with Gasteiger partial charge >= 0.3 is 0 Å². The second-order valence-corrected chi connectivity index (χ2v) is 6.90. The van der Waals surface area contributed by atoms with Gasteiger partial charge < -0.3 is 10.1 Å². The second kappa shape index (κ2) is 6.48. The molecule has 5 heteroatoms. The normalized spacial score (nSPS) is 16.9. The molecule has 3 rings (SSSR count). The zero-order valence-electron chi connectivity index (χ0n) is 12.9.